The van der Waals surface area contributed by atoms with E-state index in [4.69, 9.17) is 5.73 Å². The zero-order valence-corrected chi connectivity index (χ0v) is 10.1. The fourth-order valence-electron chi connectivity index (χ4n) is 1.86. The van der Waals surface area contributed by atoms with Crippen molar-refractivity contribution < 1.29 is 22.7 Å². The van der Waals surface area contributed by atoms with Crippen LogP contribution in [0.5, 0.6) is 0 Å². The zero-order chi connectivity index (χ0) is 14.2. The normalized spacial score (nSPS) is 21.3. The summed E-state index contributed by atoms with van der Waals surface area (Å²) in [5.74, 6) is -2.26. The lowest BCUT2D eigenvalue weighted by Crippen LogP contribution is -2.13. The van der Waals surface area contributed by atoms with Crippen LogP contribution >= 0.6 is 0 Å². The quantitative estimate of drug-likeness (QED) is 0.653. The number of halogens is 3. The number of alkyl halides is 2. The highest BCUT2D eigenvalue weighted by atomic mass is 19.3. The van der Waals surface area contributed by atoms with Crippen molar-refractivity contribution in [2.45, 2.75) is 18.9 Å². The van der Waals surface area contributed by atoms with Crippen molar-refractivity contribution in [2.24, 2.45) is 5.92 Å². The molecule has 7 heteroatoms. The van der Waals surface area contributed by atoms with Gasteiger partial charge in [0.15, 0.2) is 0 Å². The highest BCUT2D eigenvalue weighted by molar-refractivity contribution is 5.92. The van der Waals surface area contributed by atoms with Gasteiger partial charge in [-0.15, -0.1) is 0 Å². The SMILES string of the molecule is COC(=O)c1cc(N)c(N[C@H]2C[C@@H]2C(F)F)c(F)c1. The Morgan fingerprint density at radius 1 is 1.53 bits per heavy atom. The van der Waals surface area contributed by atoms with Gasteiger partial charge in [-0.3, -0.25) is 0 Å². The Kier molecular flexibility index (Phi) is 3.55. The van der Waals surface area contributed by atoms with Crippen molar-refractivity contribution in [3.05, 3.63) is 23.5 Å². The molecular weight excluding hydrogens is 261 g/mol. The van der Waals surface area contributed by atoms with Crippen LogP contribution in [0.15, 0.2) is 12.1 Å². The molecule has 0 saturated heterocycles. The van der Waals surface area contributed by atoms with E-state index in [0.717, 1.165) is 6.07 Å². The van der Waals surface area contributed by atoms with Crippen LogP contribution in [0.25, 0.3) is 0 Å². The first kappa shape index (κ1) is 13.5. The monoisotopic (exact) mass is 274 g/mol. The van der Waals surface area contributed by atoms with Crippen LogP contribution in [-0.4, -0.2) is 25.5 Å². The van der Waals surface area contributed by atoms with E-state index in [-0.39, 0.29) is 23.4 Å². The molecule has 4 nitrogen and oxygen atoms in total. The van der Waals surface area contributed by atoms with Crippen molar-refractivity contribution in [3.8, 4) is 0 Å². The molecule has 0 aliphatic heterocycles. The number of nitrogens with one attached hydrogen (secondary N) is 1. The minimum atomic E-state index is -2.43. The number of nitrogen functional groups attached to an aromatic ring is 1. The maximum atomic E-state index is 13.8. The van der Waals surface area contributed by atoms with Crippen molar-refractivity contribution >= 4 is 17.3 Å². The Bertz CT molecular complexity index is 485. The molecule has 2 atom stereocenters. The molecule has 0 heterocycles. The molecule has 1 aliphatic carbocycles. The number of hydrogen-bond donors (Lipinski definition) is 2. The van der Waals surface area contributed by atoms with E-state index in [1.165, 1.54) is 13.2 Å². The third-order valence-corrected chi connectivity index (χ3v) is 3.04. The number of carbonyl (C=O) groups excluding carboxylic acids is 1. The van der Waals surface area contributed by atoms with Crippen LogP contribution in [-0.2, 0) is 4.74 Å². The minimum absolute atomic E-state index is 0.0136. The molecule has 19 heavy (non-hydrogen) atoms. The van der Waals surface area contributed by atoms with E-state index in [2.05, 4.69) is 10.1 Å². The summed E-state index contributed by atoms with van der Waals surface area (Å²) in [6, 6.07) is 1.72. The second-order valence-corrected chi connectivity index (χ2v) is 4.40. The molecule has 3 N–H and O–H groups in total. The number of ether oxygens (including phenoxy) is 1. The maximum absolute atomic E-state index is 13.8. The Morgan fingerprint density at radius 2 is 2.21 bits per heavy atom. The molecule has 0 unspecified atom stereocenters. The van der Waals surface area contributed by atoms with Gasteiger partial charge in [0.1, 0.15) is 5.82 Å². The molecule has 0 amide bonds. The van der Waals surface area contributed by atoms with E-state index in [9.17, 15) is 18.0 Å². The average Bonchev–Trinajstić information content (AvgIpc) is 3.12. The summed E-state index contributed by atoms with van der Waals surface area (Å²) >= 11 is 0. The standard InChI is InChI=1S/C12H13F3N2O2/c1-19-12(18)5-2-7(13)10(8(16)3-5)17-9-4-6(9)11(14)15/h2-3,6,9,11,17H,4,16H2,1H3/t6-,9-/m0/s1. The summed E-state index contributed by atoms with van der Waals surface area (Å²) in [6.07, 6.45) is -2.16. The smallest absolute Gasteiger partial charge is 0.338 e. The summed E-state index contributed by atoms with van der Waals surface area (Å²) in [5, 5.41) is 2.64. The summed E-state index contributed by atoms with van der Waals surface area (Å²) in [4.78, 5) is 11.2. The van der Waals surface area contributed by atoms with Crippen LogP contribution in [0.1, 0.15) is 16.8 Å². The van der Waals surface area contributed by atoms with E-state index in [0.29, 0.717) is 0 Å². The number of esters is 1. The summed E-state index contributed by atoms with van der Waals surface area (Å²) in [6.45, 7) is 0. The van der Waals surface area contributed by atoms with E-state index >= 15 is 0 Å². The number of methoxy groups -OCH3 is 1. The average molecular weight is 274 g/mol. The third-order valence-electron chi connectivity index (χ3n) is 3.04. The van der Waals surface area contributed by atoms with Gasteiger partial charge < -0.3 is 15.8 Å². The number of hydrogen-bond acceptors (Lipinski definition) is 4. The van der Waals surface area contributed by atoms with E-state index < -0.39 is 30.2 Å². The van der Waals surface area contributed by atoms with Gasteiger partial charge in [0.05, 0.1) is 24.0 Å². The predicted molar refractivity (Wildman–Crippen MR) is 63.7 cm³/mol. The van der Waals surface area contributed by atoms with Gasteiger partial charge in [-0.25, -0.2) is 18.0 Å². The van der Waals surface area contributed by atoms with Gasteiger partial charge in [-0.05, 0) is 18.6 Å². The Hall–Kier alpha value is -1.92. The summed E-state index contributed by atoms with van der Waals surface area (Å²) < 4.78 is 43.0. The lowest BCUT2D eigenvalue weighted by atomic mass is 10.1. The molecule has 0 bridgehead atoms. The van der Waals surface area contributed by atoms with Crippen LogP contribution < -0.4 is 11.1 Å². The first-order valence-electron chi connectivity index (χ1n) is 5.66. The van der Waals surface area contributed by atoms with Crippen molar-refractivity contribution in [3.63, 3.8) is 0 Å². The number of carbonyl (C=O) groups is 1. The molecule has 104 valence electrons. The number of benzene rings is 1. The molecule has 0 aromatic heterocycles. The van der Waals surface area contributed by atoms with Gasteiger partial charge in [0.2, 0.25) is 6.43 Å². The highest BCUT2D eigenvalue weighted by Crippen LogP contribution is 2.40. The molecule has 1 saturated carbocycles. The minimum Gasteiger partial charge on any atom is -0.465 e. The van der Waals surface area contributed by atoms with Crippen LogP contribution in [0.3, 0.4) is 0 Å². The summed E-state index contributed by atoms with van der Waals surface area (Å²) in [7, 11) is 1.17. The number of anilines is 2. The summed E-state index contributed by atoms with van der Waals surface area (Å²) in [5.41, 5.74) is 5.52. The van der Waals surface area contributed by atoms with Crippen LogP contribution in [0.2, 0.25) is 0 Å². The second-order valence-electron chi connectivity index (χ2n) is 4.40. The van der Waals surface area contributed by atoms with Gasteiger partial charge in [0, 0.05) is 12.0 Å². The number of nitrogens with two attached hydrogens (primary N) is 1. The first-order chi connectivity index (χ1) is 8.93. The molecule has 0 radical (unpaired) electrons. The Morgan fingerprint density at radius 3 is 2.68 bits per heavy atom. The van der Waals surface area contributed by atoms with E-state index in [1.54, 1.807) is 0 Å². The largest absolute Gasteiger partial charge is 0.465 e. The lowest BCUT2D eigenvalue weighted by molar-refractivity contribution is 0.0600. The molecule has 2 rings (SSSR count). The molecule has 1 fully saturated rings. The Labute approximate surface area is 107 Å². The third kappa shape index (κ3) is 2.74. The van der Waals surface area contributed by atoms with Crippen molar-refractivity contribution in [2.75, 3.05) is 18.2 Å². The maximum Gasteiger partial charge on any atom is 0.338 e. The van der Waals surface area contributed by atoms with Gasteiger partial charge >= 0.3 is 5.97 Å². The highest BCUT2D eigenvalue weighted by Gasteiger charge is 2.44. The van der Waals surface area contributed by atoms with Gasteiger partial charge in [-0.1, -0.05) is 0 Å². The molecule has 1 aromatic carbocycles. The fraction of sp³-hybridized carbons (Fsp3) is 0.417. The van der Waals surface area contributed by atoms with Gasteiger partial charge in [0.25, 0.3) is 0 Å². The van der Waals surface area contributed by atoms with Crippen molar-refractivity contribution in [1.82, 2.24) is 0 Å². The lowest BCUT2D eigenvalue weighted by Gasteiger charge is -2.11. The first-order valence-corrected chi connectivity index (χ1v) is 5.66. The molecule has 1 aliphatic rings. The molecule has 1 aromatic rings. The van der Waals surface area contributed by atoms with E-state index in [1.807, 2.05) is 0 Å². The topological polar surface area (TPSA) is 64.3 Å². The predicted octanol–water partition coefficient (Wildman–Crippen LogP) is 2.26. The van der Waals surface area contributed by atoms with Crippen molar-refractivity contribution in [1.29, 1.82) is 0 Å². The molecular formula is C12H13F3N2O2. The number of rotatable bonds is 4. The van der Waals surface area contributed by atoms with Crippen LogP contribution in [0, 0.1) is 11.7 Å². The Balaban J connectivity index is 2.16. The van der Waals surface area contributed by atoms with Gasteiger partial charge in [-0.2, -0.15) is 0 Å². The second kappa shape index (κ2) is 4.99. The molecule has 0 spiro atoms. The van der Waals surface area contributed by atoms with Crippen LogP contribution in [0.4, 0.5) is 24.5 Å². The fourth-order valence-corrected chi connectivity index (χ4v) is 1.86. The zero-order valence-electron chi connectivity index (χ0n) is 10.1.